The van der Waals surface area contributed by atoms with Crippen LogP contribution in [0.3, 0.4) is 0 Å². The molecule has 1 heterocycles. The van der Waals surface area contributed by atoms with Crippen LogP contribution in [0.4, 0.5) is 0 Å². The minimum atomic E-state index is 0. The van der Waals surface area contributed by atoms with Gasteiger partial charge in [-0.1, -0.05) is 37.0 Å². The Kier molecular flexibility index (Phi) is 7.87. The summed E-state index contributed by atoms with van der Waals surface area (Å²) in [6, 6.07) is 8.09. The molecule has 1 aliphatic carbocycles. The Balaban J connectivity index is 0.00000261. The van der Waals surface area contributed by atoms with Crippen LogP contribution in [0.2, 0.25) is 0 Å². The second-order valence-electron chi connectivity index (χ2n) is 7.55. The van der Waals surface area contributed by atoms with Crippen molar-refractivity contribution in [2.24, 2.45) is 11.1 Å². The molecule has 1 aromatic carbocycles. The Bertz CT molecular complexity index is 721. The molecule has 0 spiro atoms. The lowest BCUT2D eigenvalue weighted by molar-refractivity contribution is -0.123. The van der Waals surface area contributed by atoms with Crippen molar-refractivity contribution < 1.29 is 9.21 Å². The van der Waals surface area contributed by atoms with Crippen molar-refractivity contribution in [3.8, 4) is 11.5 Å². The number of hydrogen-bond acceptors (Lipinski definition) is 4. The number of aryl methyl sites for hydroxylation is 1. The average molecular weight is 392 g/mol. The Morgan fingerprint density at radius 3 is 2.59 bits per heavy atom. The van der Waals surface area contributed by atoms with Gasteiger partial charge >= 0.3 is 0 Å². The molecule has 2 aromatic rings. The molecule has 5 nitrogen and oxygen atoms in total. The number of aromatic nitrogens is 1. The molecular weight excluding hydrogens is 362 g/mol. The zero-order valence-corrected chi connectivity index (χ0v) is 16.8. The first-order valence-corrected chi connectivity index (χ1v) is 9.58. The largest absolute Gasteiger partial charge is 0.444 e. The van der Waals surface area contributed by atoms with Crippen LogP contribution >= 0.6 is 12.4 Å². The van der Waals surface area contributed by atoms with Gasteiger partial charge in [-0.25, -0.2) is 4.98 Å². The van der Waals surface area contributed by atoms with E-state index in [4.69, 9.17) is 10.2 Å². The molecular formula is C21H30ClN3O2. The number of amides is 1. The quantitative estimate of drug-likeness (QED) is 0.746. The fourth-order valence-corrected chi connectivity index (χ4v) is 3.74. The van der Waals surface area contributed by atoms with E-state index in [9.17, 15) is 4.79 Å². The SMILES string of the molecule is Cc1ccc(-c2nc(CCNC(=O)CC3(CN)CCCCC3)co2)cc1.Cl. The number of carbonyl (C=O) groups excluding carboxylic acids is 1. The number of nitrogens with one attached hydrogen (secondary N) is 1. The third-order valence-electron chi connectivity index (χ3n) is 5.44. The number of oxazole rings is 1. The summed E-state index contributed by atoms with van der Waals surface area (Å²) in [6.07, 6.45) is 8.65. The van der Waals surface area contributed by atoms with E-state index in [1.807, 2.05) is 24.3 Å². The highest BCUT2D eigenvalue weighted by Crippen LogP contribution is 2.38. The molecule has 0 aliphatic heterocycles. The summed E-state index contributed by atoms with van der Waals surface area (Å²) in [6.45, 7) is 3.22. The lowest BCUT2D eigenvalue weighted by Crippen LogP contribution is -2.39. The number of halogens is 1. The van der Waals surface area contributed by atoms with Gasteiger partial charge < -0.3 is 15.5 Å². The van der Waals surface area contributed by atoms with Crippen LogP contribution in [0, 0.1) is 12.3 Å². The van der Waals surface area contributed by atoms with Gasteiger partial charge in [0.2, 0.25) is 11.8 Å². The third-order valence-corrected chi connectivity index (χ3v) is 5.44. The Morgan fingerprint density at radius 1 is 1.22 bits per heavy atom. The number of carbonyl (C=O) groups is 1. The van der Waals surface area contributed by atoms with Crippen LogP contribution in [0.15, 0.2) is 34.9 Å². The molecule has 0 bridgehead atoms. The van der Waals surface area contributed by atoms with Gasteiger partial charge in [-0.2, -0.15) is 0 Å². The van der Waals surface area contributed by atoms with Crippen LogP contribution in [0.25, 0.3) is 11.5 Å². The van der Waals surface area contributed by atoms with Crippen LogP contribution in [0.5, 0.6) is 0 Å². The molecule has 1 amide bonds. The minimum Gasteiger partial charge on any atom is -0.444 e. The summed E-state index contributed by atoms with van der Waals surface area (Å²) in [4.78, 5) is 16.8. The average Bonchev–Trinajstić information content (AvgIpc) is 3.12. The standard InChI is InChI=1S/C21H29N3O2.ClH/c1-16-5-7-17(8-6-16)20-24-18(14-26-20)9-12-23-19(25)13-21(15-22)10-3-2-4-11-21;/h5-8,14H,2-4,9-13,15,22H2,1H3,(H,23,25);1H. The molecule has 3 rings (SSSR count). The summed E-state index contributed by atoms with van der Waals surface area (Å²) in [5.41, 5.74) is 9.00. The van der Waals surface area contributed by atoms with Crippen molar-refractivity contribution in [2.75, 3.05) is 13.1 Å². The van der Waals surface area contributed by atoms with Crippen LogP contribution in [-0.4, -0.2) is 24.0 Å². The first-order valence-electron chi connectivity index (χ1n) is 9.58. The first kappa shape index (κ1) is 21.5. The number of nitrogens with two attached hydrogens (primary N) is 1. The fourth-order valence-electron chi connectivity index (χ4n) is 3.74. The molecule has 0 unspecified atom stereocenters. The Morgan fingerprint density at radius 2 is 1.93 bits per heavy atom. The van der Waals surface area contributed by atoms with Gasteiger partial charge in [0, 0.05) is 24.9 Å². The molecule has 6 heteroatoms. The van der Waals surface area contributed by atoms with E-state index in [2.05, 4.69) is 17.2 Å². The van der Waals surface area contributed by atoms with Crippen molar-refractivity contribution in [1.82, 2.24) is 10.3 Å². The minimum absolute atomic E-state index is 0. The third kappa shape index (κ3) is 5.81. The van der Waals surface area contributed by atoms with Gasteiger partial charge in [-0.3, -0.25) is 4.79 Å². The van der Waals surface area contributed by atoms with E-state index < -0.39 is 0 Å². The Hall–Kier alpha value is -1.85. The van der Waals surface area contributed by atoms with E-state index in [1.165, 1.54) is 24.8 Å². The predicted octanol–water partition coefficient (Wildman–Crippen LogP) is 4.03. The summed E-state index contributed by atoms with van der Waals surface area (Å²) >= 11 is 0. The van der Waals surface area contributed by atoms with Gasteiger partial charge in [0.15, 0.2) is 0 Å². The lowest BCUT2D eigenvalue weighted by Gasteiger charge is -2.35. The number of hydrogen-bond donors (Lipinski definition) is 2. The summed E-state index contributed by atoms with van der Waals surface area (Å²) in [5.74, 6) is 0.718. The lowest BCUT2D eigenvalue weighted by atomic mass is 9.71. The maximum Gasteiger partial charge on any atom is 0.226 e. The number of rotatable bonds is 7. The molecule has 3 N–H and O–H groups in total. The van der Waals surface area contributed by atoms with Gasteiger partial charge in [0.05, 0.1) is 5.69 Å². The maximum atomic E-state index is 12.3. The smallest absolute Gasteiger partial charge is 0.226 e. The molecule has 0 atom stereocenters. The van der Waals surface area contributed by atoms with Crippen molar-refractivity contribution in [2.45, 2.75) is 51.9 Å². The second kappa shape index (κ2) is 9.90. The zero-order valence-electron chi connectivity index (χ0n) is 16.0. The highest BCUT2D eigenvalue weighted by atomic mass is 35.5. The molecule has 1 fully saturated rings. The van der Waals surface area contributed by atoms with E-state index >= 15 is 0 Å². The molecule has 27 heavy (non-hydrogen) atoms. The molecule has 1 aliphatic rings. The van der Waals surface area contributed by atoms with E-state index in [-0.39, 0.29) is 23.7 Å². The van der Waals surface area contributed by atoms with Gasteiger partial charge in [0.25, 0.3) is 0 Å². The number of nitrogens with zero attached hydrogens (tertiary/aromatic N) is 1. The van der Waals surface area contributed by atoms with Gasteiger partial charge in [0.1, 0.15) is 6.26 Å². The van der Waals surface area contributed by atoms with Crippen LogP contribution in [-0.2, 0) is 11.2 Å². The fraction of sp³-hybridized carbons (Fsp3) is 0.524. The van der Waals surface area contributed by atoms with Crippen molar-refractivity contribution >= 4 is 18.3 Å². The van der Waals surface area contributed by atoms with Gasteiger partial charge in [-0.15, -0.1) is 12.4 Å². The molecule has 0 radical (unpaired) electrons. The first-order chi connectivity index (χ1) is 12.6. The second-order valence-corrected chi connectivity index (χ2v) is 7.55. The normalized spacial score (nSPS) is 15.8. The summed E-state index contributed by atoms with van der Waals surface area (Å²) < 4.78 is 5.56. The summed E-state index contributed by atoms with van der Waals surface area (Å²) in [5, 5.41) is 3.02. The van der Waals surface area contributed by atoms with E-state index in [0.29, 0.717) is 31.8 Å². The van der Waals surface area contributed by atoms with Crippen molar-refractivity contribution in [3.05, 3.63) is 41.8 Å². The highest BCUT2D eigenvalue weighted by Gasteiger charge is 2.32. The van der Waals surface area contributed by atoms with Gasteiger partial charge in [-0.05, 0) is 43.9 Å². The Labute approximate surface area is 167 Å². The molecule has 148 valence electrons. The molecule has 1 saturated carbocycles. The van der Waals surface area contributed by atoms with Crippen LogP contribution in [0.1, 0.15) is 49.8 Å². The monoisotopic (exact) mass is 391 g/mol. The molecule has 0 saturated heterocycles. The van der Waals surface area contributed by atoms with E-state index in [0.717, 1.165) is 24.1 Å². The van der Waals surface area contributed by atoms with Crippen molar-refractivity contribution in [3.63, 3.8) is 0 Å². The number of benzene rings is 1. The summed E-state index contributed by atoms with van der Waals surface area (Å²) in [7, 11) is 0. The highest BCUT2D eigenvalue weighted by molar-refractivity contribution is 5.85. The molecule has 1 aromatic heterocycles. The zero-order chi connectivity index (χ0) is 18.4. The van der Waals surface area contributed by atoms with Crippen molar-refractivity contribution in [1.29, 1.82) is 0 Å². The topological polar surface area (TPSA) is 81.2 Å². The maximum absolute atomic E-state index is 12.3. The predicted molar refractivity (Wildman–Crippen MR) is 110 cm³/mol. The van der Waals surface area contributed by atoms with Crippen LogP contribution < -0.4 is 11.1 Å². The van der Waals surface area contributed by atoms with E-state index in [1.54, 1.807) is 6.26 Å².